The van der Waals surface area contributed by atoms with Gasteiger partial charge in [0.15, 0.2) is 5.11 Å². The molecule has 0 aliphatic heterocycles. The summed E-state index contributed by atoms with van der Waals surface area (Å²) in [6.45, 7) is 0. The van der Waals surface area contributed by atoms with Crippen molar-refractivity contribution < 1.29 is 8.78 Å². The molecule has 0 heterocycles. The third kappa shape index (κ3) is 3.63. The fourth-order valence-corrected chi connectivity index (χ4v) is 2.46. The lowest BCUT2D eigenvalue weighted by atomic mass is 9.96. The maximum Gasteiger partial charge on any atom is 0.171 e. The van der Waals surface area contributed by atoms with Crippen molar-refractivity contribution in [3.05, 3.63) is 29.8 Å². The predicted molar refractivity (Wildman–Crippen MR) is 72.6 cm³/mol. The van der Waals surface area contributed by atoms with Crippen molar-refractivity contribution in [1.82, 2.24) is 5.32 Å². The minimum Gasteiger partial charge on any atom is -0.360 e. The lowest BCUT2D eigenvalue weighted by Gasteiger charge is -2.24. The Morgan fingerprint density at radius 1 is 1.17 bits per heavy atom. The summed E-state index contributed by atoms with van der Waals surface area (Å²) in [6, 6.07) is 3.75. The molecule has 0 bridgehead atoms. The fraction of sp³-hybridized carbons (Fsp3) is 0.462. The molecule has 0 saturated heterocycles. The zero-order valence-electron chi connectivity index (χ0n) is 10.0. The highest BCUT2D eigenvalue weighted by molar-refractivity contribution is 7.80. The van der Waals surface area contributed by atoms with E-state index in [0.717, 1.165) is 18.9 Å². The number of thiocarbonyl (C=S) groups is 1. The maximum atomic E-state index is 13.4. The lowest BCUT2D eigenvalue weighted by Crippen LogP contribution is -2.38. The van der Waals surface area contributed by atoms with Crippen LogP contribution in [0.5, 0.6) is 0 Å². The summed E-state index contributed by atoms with van der Waals surface area (Å²) in [5.74, 6) is -1.23. The standard InChI is InChI=1S/C13H16F2N2S/c14-9-6-7-12(11(15)8-9)17-13(18)16-10-4-2-1-3-5-10/h6-8,10H,1-5H2,(H2,16,17,18). The van der Waals surface area contributed by atoms with Gasteiger partial charge in [0.1, 0.15) is 11.6 Å². The van der Waals surface area contributed by atoms with E-state index in [0.29, 0.717) is 11.2 Å². The van der Waals surface area contributed by atoms with E-state index in [1.54, 1.807) is 0 Å². The van der Waals surface area contributed by atoms with E-state index in [2.05, 4.69) is 10.6 Å². The minimum absolute atomic E-state index is 0.199. The second-order valence-corrected chi connectivity index (χ2v) is 4.97. The highest BCUT2D eigenvalue weighted by atomic mass is 32.1. The fourth-order valence-electron chi connectivity index (χ4n) is 2.18. The van der Waals surface area contributed by atoms with Crippen LogP contribution in [-0.2, 0) is 0 Å². The van der Waals surface area contributed by atoms with Crippen molar-refractivity contribution in [2.75, 3.05) is 5.32 Å². The summed E-state index contributed by atoms with van der Waals surface area (Å²) in [6.07, 6.45) is 5.85. The molecular weight excluding hydrogens is 254 g/mol. The van der Waals surface area contributed by atoms with Crippen molar-refractivity contribution in [2.24, 2.45) is 0 Å². The molecule has 1 saturated carbocycles. The molecule has 2 N–H and O–H groups in total. The van der Waals surface area contributed by atoms with Gasteiger partial charge in [-0.25, -0.2) is 8.78 Å². The smallest absolute Gasteiger partial charge is 0.171 e. The Morgan fingerprint density at radius 3 is 2.56 bits per heavy atom. The Hall–Kier alpha value is -1.23. The number of nitrogens with one attached hydrogen (secondary N) is 2. The molecule has 18 heavy (non-hydrogen) atoms. The second kappa shape index (κ2) is 6.09. The zero-order valence-corrected chi connectivity index (χ0v) is 10.8. The number of rotatable bonds is 2. The average Bonchev–Trinajstić information content (AvgIpc) is 2.34. The zero-order chi connectivity index (χ0) is 13.0. The quantitative estimate of drug-likeness (QED) is 0.803. The number of hydrogen-bond donors (Lipinski definition) is 2. The first-order valence-electron chi connectivity index (χ1n) is 6.18. The van der Waals surface area contributed by atoms with Crippen LogP contribution in [-0.4, -0.2) is 11.2 Å². The van der Waals surface area contributed by atoms with Gasteiger partial charge in [0.05, 0.1) is 5.69 Å². The number of benzene rings is 1. The Balaban J connectivity index is 1.90. The van der Waals surface area contributed by atoms with E-state index in [-0.39, 0.29) is 5.69 Å². The first kappa shape index (κ1) is 13.2. The Kier molecular flexibility index (Phi) is 4.47. The van der Waals surface area contributed by atoms with Crippen LogP contribution >= 0.6 is 12.2 Å². The Labute approximate surface area is 111 Å². The molecule has 0 spiro atoms. The highest BCUT2D eigenvalue weighted by Gasteiger charge is 2.14. The van der Waals surface area contributed by atoms with Crippen molar-refractivity contribution in [1.29, 1.82) is 0 Å². The van der Waals surface area contributed by atoms with Crippen molar-refractivity contribution >= 4 is 23.0 Å². The first-order valence-corrected chi connectivity index (χ1v) is 6.58. The Bertz CT molecular complexity index is 431. The molecule has 1 aromatic rings. The largest absolute Gasteiger partial charge is 0.360 e. The van der Waals surface area contributed by atoms with Crippen LogP contribution in [0.25, 0.3) is 0 Å². The molecule has 1 aliphatic carbocycles. The lowest BCUT2D eigenvalue weighted by molar-refractivity contribution is 0.414. The van der Waals surface area contributed by atoms with Gasteiger partial charge in [-0.3, -0.25) is 0 Å². The van der Waals surface area contributed by atoms with Gasteiger partial charge in [0.2, 0.25) is 0 Å². The SMILES string of the molecule is Fc1ccc(NC(=S)NC2CCCCC2)c(F)c1. The average molecular weight is 270 g/mol. The molecule has 1 aromatic carbocycles. The molecule has 0 amide bonds. The van der Waals surface area contributed by atoms with Gasteiger partial charge in [0, 0.05) is 12.1 Å². The summed E-state index contributed by atoms with van der Waals surface area (Å²) in [7, 11) is 0. The minimum atomic E-state index is -0.636. The van der Waals surface area contributed by atoms with E-state index in [9.17, 15) is 8.78 Å². The van der Waals surface area contributed by atoms with Crippen molar-refractivity contribution in [2.45, 2.75) is 38.1 Å². The van der Waals surface area contributed by atoms with Crippen LogP contribution in [0.3, 0.4) is 0 Å². The van der Waals surface area contributed by atoms with E-state index in [4.69, 9.17) is 12.2 Å². The van der Waals surface area contributed by atoms with E-state index in [1.165, 1.54) is 31.4 Å². The summed E-state index contributed by atoms with van der Waals surface area (Å²) in [5.41, 5.74) is 0.199. The van der Waals surface area contributed by atoms with E-state index < -0.39 is 11.6 Å². The molecule has 0 atom stereocenters. The van der Waals surface area contributed by atoms with Crippen LogP contribution < -0.4 is 10.6 Å². The van der Waals surface area contributed by atoms with Gasteiger partial charge in [-0.05, 0) is 37.2 Å². The Morgan fingerprint density at radius 2 is 1.89 bits per heavy atom. The van der Waals surface area contributed by atoms with Crippen molar-refractivity contribution in [3.63, 3.8) is 0 Å². The van der Waals surface area contributed by atoms with Crippen LogP contribution in [0, 0.1) is 11.6 Å². The van der Waals surface area contributed by atoms with E-state index in [1.807, 2.05) is 0 Å². The van der Waals surface area contributed by atoms with Gasteiger partial charge < -0.3 is 10.6 Å². The molecule has 1 aliphatic rings. The molecule has 0 aromatic heterocycles. The predicted octanol–water partition coefficient (Wildman–Crippen LogP) is 3.58. The van der Waals surface area contributed by atoms with Gasteiger partial charge in [0.25, 0.3) is 0 Å². The van der Waals surface area contributed by atoms with Crippen LogP contribution in [0.1, 0.15) is 32.1 Å². The topological polar surface area (TPSA) is 24.1 Å². The number of anilines is 1. The van der Waals surface area contributed by atoms with Crippen molar-refractivity contribution in [3.8, 4) is 0 Å². The normalized spacial score (nSPS) is 16.3. The maximum absolute atomic E-state index is 13.4. The monoisotopic (exact) mass is 270 g/mol. The molecule has 0 radical (unpaired) electrons. The third-order valence-corrected chi connectivity index (χ3v) is 3.34. The molecular formula is C13H16F2N2S. The molecule has 1 fully saturated rings. The summed E-state index contributed by atoms with van der Waals surface area (Å²) in [5, 5.41) is 6.33. The van der Waals surface area contributed by atoms with E-state index >= 15 is 0 Å². The third-order valence-electron chi connectivity index (χ3n) is 3.12. The molecule has 5 heteroatoms. The molecule has 98 valence electrons. The highest BCUT2D eigenvalue weighted by Crippen LogP contribution is 2.18. The number of halogens is 2. The van der Waals surface area contributed by atoms with Crippen LogP contribution in [0.15, 0.2) is 18.2 Å². The molecule has 2 nitrogen and oxygen atoms in total. The first-order chi connectivity index (χ1) is 8.65. The number of hydrogen-bond acceptors (Lipinski definition) is 1. The molecule has 2 rings (SSSR count). The van der Waals surface area contributed by atoms with Crippen LogP contribution in [0.2, 0.25) is 0 Å². The van der Waals surface area contributed by atoms with Crippen LogP contribution in [0.4, 0.5) is 14.5 Å². The van der Waals surface area contributed by atoms with Gasteiger partial charge in [-0.15, -0.1) is 0 Å². The van der Waals surface area contributed by atoms with Gasteiger partial charge in [-0.2, -0.15) is 0 Å². The molecule has 0 unspecified atom stereocenters. The second-order valence-electron chi connectivity index (χ2n) is 4.56. The summed E-state index contributed by atoms with van der Waals surface area (Å²) in [4.78, 5) is 0. The summed E-state index contributed by atoms with van der Waals surface area (Å²) >= 11 is 5.13. The van der Waals surface area contributed by atoms with Gasteiger partial charge in [-0.1, -0.05) is 19.3 Å². The summed E-state index contributed by atoms with van der Waals surface area (Å²) < 4.78 is 26.1. The van der Waals surface area contributed by atoms with Gasteiger partial charge >= 0.3 is 0 Å².